The zero-order chi connectivity index (χ0) is 37.0. The van der Waals surface area contributed by atoms with Gasteiger partial charge in [0.05, 0.1) is 6.04 Å². The second kappa shape index (κ2) is 13.4. The molecule has 3 aliphatic rings. The molecule has 8 aromatic rings. The lowest BCUT2D eigenvalue weighted by Gasteiger charge is -2.35. The summed E-state index contributed by atoms with van der Waals surface area (Å²) in [5, 5.41) is 6.19. The first-order chi connectivity index (χ1) is 27.8. The molecule has 2 heteroatoms. The van der Waals surface area contributed by atoms with Crippen molar-refractivity contribution in [1.82, 2.24) is 0 Å². The van der Waals surface area contributed by atoms with Gasteiger partial charge in [0.2, 0.25) is 0 Å². The largest absolute Gasteiger partial charge is 0.459 e. The topological polar surface area (TPSA) is 16.4 Å². The Kier molecular flexibility index (Phi) is 7.81. The van der Waals surface area contributed by atoms with Gasteiger partial charge in [0.25, 0.3) is 0 Å². The van der Waals surface area contributed by atoms with Crippen molar-refractivity contribution in [1.29, 1.82) is 0 Å². The van der Waals surface area contributed by atoms with E-state index in [-0.39, 0.29) is 17.9 Å². The Morgan fingerprint density at radius 3 is 2.07 bits per heavy atom. The van der Waals surface area contributed by atoms with Crippen LogP contribution in [-0.4, -0.2) is 6.04 Å². The molecule has 0 radical (unpaired) electrons. The molecule has 1 heterocycles. The van der Waals surface area contributed by atoms with Crippen molar-refractivity contribution in [2.75, 3.05) is 4.90 Å². The van der Waals surface area contributed by atoms with Crippen LogP contribution in [0.4, 0.5) is 11.4 Å². The van der Waals surface area contributed by atoms with Crippen LogP contribution in [-0.2, 0) is 0 Å². The van der Waals surface area contributed by atoms with Crippen molar-refractivity contribution in [3.05, 3.63) is 217 Å². The Morgan fingerprint density at radius 2 is 1.23 bits per heavy atom. The smallest absolute Gasteiger partial charge is 0.142 e. The molecular weight excluding hydrogens is 679 g/mol. The highest BCUT2D eigenvalue weighted by molar-refractivity contribution is 6.08. The monoisotopic (exact) mass is 717 g/mol. The van der Waals surface area contributed by atoms with Crippen molar-refractivity contribution in [3.63, 3.8) is 0 Å². The number of anilines is 2. The molecule has 2 nitrogen and oxygen atoms in total. The normalized spacial score (nSPS) is 18.3. The summed E-state index contributed by atoms with van der Waals surface area (Å²) in [7, 11) is 0. The van der Waals surface area contributed by atoms with Crippen molar-refractivity contribution in [2.24, 2.45) is 5.92 Å². The fraction of sp³-hybridized carbons (Fsp3) is 0.0741. The van der Waals surface area contributed by atoms with Crippen LogP contribution >= 0.6 is 0 Å². The Balaban J connectivity index is 1.04. The molecule has 0 saturated carbocycles. The highest BCUT2D eigenvalue weighted by atomic mass is 16.3. The summed E-state index contributed by atoms with van der Waals surface area (Å²) in [5.41, 5.74) is 11.9. The summed E-state index contributed by atoms with van der Waals surface area (Å²) in [6.45, 7) is 0. The van der Waals surface area contributed by atoms with Crippen LogP contribution in [0.1, 0.15) is 29.2 Å². The number of allylic oxidation sites excluding steroid dienone is 7. The van der Waals surface area contributed by atoms with Crippen LogP contribution in [0, 0.1) is 5.92 Å². The first-order valence-corrected chi connectivity index (χ1v) is 19.7. The minimum atomic E-state index is 0.112. The van der Waals surface area contributed by atoms with Gasteiger partial charge in [0, 0.05) is 45.1 Å². The van der Waals surface area contributed by atoms with E-state index in [1.165, 1.54) is 66.3 Å². The van der Waals surface area contributed by atoms with Gasteiger partial charge < -0.3 is 9.32 Å². The van der Waals surface area contributed by atoms with Gasteiger partial charge in [-0.15, -0.1) is 0 Å². The zero-order valence-electron chi connectivity index (χ0n) is 30.9. The van der Waals surface area contributed by atoms with Crippen molar-refractivity contribution in [2.45, 2.75) is 18.4 Å². The van der Waals surface area contributed by atoms with E-state index in [9.17, 15) is 0 Å². The van der Waals surface area contributed by atoms with Crippen LogP contribution < -0.4 is 4.90 Å². The molecule has 3 atom stereocenters. The lowest BCUT2D eigenvalue weighted by Crippen LogP contribution is -2.30. The maximum Gasteiger partial charge on any atom is 0.142 e. The second-order valence-corrected chi connectivity index (χ2v) is 15.1. The Hall–Kier alpha value is -6.90. The third-order valence-corrected chi connectivity index (χ3v) is 12.0. The molecule has 1 aromatic heterocycles. The van der Waals surface area contributed by atoms with Gasteiger partial charge in [-0.1, -0.05) is 176 Å². The van der Waals surface area contributed by atoms with Gasteiger partial charge in [-0.2, -0.15) is 0 Å². The molecule has 3 unspecified atom stereocenters. The van der Waals surface area contributed by atoms with E-state index in [4.69, 9.17) is 4.42 Å². The van der Waals surface area contributed by atoms with E-state index in [0.29, 0.717) is 0 Å². The Labute approximate surface area is 327 Å². The maximum atomic E-state index is 6.89. The molecule has 7 aromatic carbocycles. The summed E-state index contributed by atoms with van der Waals surface area (Å²) in [6, 6.07) is 55.5. The van der Waals surface area contributed by atoms with Crippen molar-refractivity contribution in [3.8, 4) is 22.3 Å². The molecular formula is C54H39NO. The summed E-state index contributed by atoms with van der Waals surface area (Å²) >= 11 is 0. The summed E-state index contributed by atoms with van der Waals surface area (Å²) < 4.78 is 6.89. The molecule has 0 bridgehead atoms. The van der Waals surface area contributed by atoms with Crippen LogP contribution in [0.5, 0.6) is 0 Å². The van der Waals surface area contributed by atoms with Gasteiger partial charge in [-0.25, -0.2) is 0 Å². The first kappa shape index (κ1) is 32.5. The molecule has 0 fully saturated rings. The summed E-state index contributed by atoms with van der Waals surface area (Å²) in [4.78, 5) is 2.53. The molecule has 266 valence electrons. The molecule has 11 rings (SSSR count). The van der Waals surface area contributed by atoms with Gasteiger partial charge in [-0.05, 0) is 80.7 Å². The standard InChI is InChI=1S/C54H39NO/c1-3-15-38(16-4-1)43-24-13-25-49-51-35-50(45-21-10-12-23-48(45)54(51)56-53(43)49)46-32-33-52(47-22-11-9-20-44(46)47)55(41-18-5-2-6-19-41)42-30-28-37(29-31-42)40-27-26-36-14-7-8-17-39(36)34-40/h1-18,20-35,41,45,48H,19H2. The summed E-state index contributed by atoms with van der Waals surface area (Å²) in [5.74, 6) is 1.32. The zero-order valence-corrected chi connectivity index (χ0v) is 30.9. The summed E-state index contributed by atoms with van der Waals surface area (Å²) in [6.07, 6.45) is 21.4. The number of hydrogen-bond donors (Lipinski definition) is 0. The van der Waals surface area contributed by atoms with Gasteiger partial charge in [-0.3, -0.25) is 0 Å². The minimum absolute atomic E-state index is 0.112. The van der Waals surface area contributed by atoms with Crippen molar-refractivity contribution < 1.29 is 4.42 Å². The minimum Gasteiger partial charge on any atom is -0.459 e. The van der Waals surface area contributed by atoms with Crippen LogP contribution in [0.3, 0.4) is 0 Å². The number of rotatable bonds is 6. The van der Waals surface area contributed by atoms with E-state index < -0.39 is 0 Å². The van der Waals surface area contributed by atoms with E-state index in [0.717, 1.165) is 28.7 Å². The molecule has 0 aliphatic heterocycles. The van der Waals surface area contributed by atoms with Crippen LogP contribution in [0.15, 0.2) is 205 Å². The maximum absolute atomic E-state index is 6.89. The third kappa shape index (κ3) is 5.40. The molecule has 0 spiro atoms. The van der Waals surface area contributed by atoms with Crippen molar-refractivity contribution >= 4 is 55.5 Å². The molecule has 0 N–H and O–H groups in total. The average Bonchev–Trinajstić information content (AvgIpc) is 3.66. The van der Waals surface area contributed by atoms with Crippen LogP contribution in [0.25, 0.3) is 66.4 Å². The quantitative estimate of drug-likeness (QED) is 0.170. The average molecular weight is 718 g/mol. The molecule has 0 saturated heterocycles. The van der Waals surface area contributed by atoms with Gasteiger partial charge >= 0.3 is 0 Å². The van der Waals surface area contributed by atoms with E-state index in [1.807, 2.05) is 0 Å². The predicted octanol–water partition coefficient (Wildman–Crippen LogP) is 14.5. The molecule has 0 amide bonds. The fourth-order valence-electron chi connectivity index (χ4n) is 9.26. The lowest BCUT2D eigenvalue weighted by atomic mass is 9.73. The third-order valence-electron chi connectivity index (χ3n) is 12.0. The highest BCUT2D eigenvalue weighted by Gasteiger charge is 2.35. The first-order valence-electron chi connectivity index (χ1n) is 19.7. The number of hydrogen-bond acceptors (Lipinski definition) is 2. The molecule has 56 heavy (non-hydrogen) atoms. The number of benzene rings is 7. The number of nitrogens with zero attached hydrogens (tertiary/aromatic N) is 1. The fourth-order valence-corrected chi connectivity index (χ4v) is 9.26. The number of furan rings is 1. The number of para-hydroxylation sites is 1. The SMILES string of the molecule is C1=CCC(N(c2ccc(-c3ccc4ccccc4c3)cc2)c2ccc(C3=Cc4c(oc5c(-c6ccccc6)cccc45)C4C=CC=CC34)c3ccccc23)C=C1. The van der Waals surface area contributed by atoms with Gasteiger partial charge in [0.1, 0.15) is 11.3 Å². The van der Waals surface area contributed by atoms with Gasteiger partial charge in [0.15, 0.2) is 0 Å². The molecule has 3 aliphatic carbocycles. The Bertz CT molecular complexity index is 2950. The second-order valence-electron chi connectivity index (χ2n) is 15.1. The highest BCUT2D eigenvalue weighted by Crippen LogP contribution is 2.51. The Morgan fingerprint density at radius 1 is 0.500 bits per heavy atom. The van der Waals surface area contributed by atoms with E-state index in [1.54, 1.807) is 0 Å². The lowest BCUT2D eigenvalue weighted by molar-refractivity contribution is 0.497. The van der Waals surface area contributed by atoms with E-state index in [2.05, 4.69) is 211 Å². The number of fused-ring (bicyclic) bond motifs is 7. The van der Waals surface area contributed by atoms with E-state index >= 15 is 0 Å². The van der Waals surface area contributed by atoms with Crippen LogP contribution in [0.2, 0.25) is 0 Å². The predicted molar refractivity (Wildman–Crippen MR) is 236 cm³/mol.